The Hall–Kier alpha value is -2.04. The fourth-order valence-electron chi connectivity index (χ4n) is 3.29. The predicted molar refractivity (Wildman–Crippen MR) is 100.0 cm³/mol. The van der Waals surface area contributed by atoms with Crippen LogP contribution in [0.15, 0.2) is 48.5 Å². The maximum absolute atomic E-state index is 12.8. The van der Waals surface area contributed by atoms with E-state index in [0.29, 0.717) is 22.4 Å². The largest absolute Gasteiger partial charge is 0.496 e. The molecule has 1 unspecified atom stereocenters. The van der Waals surface area contributed by atoms with E-state index in [1.54, 1.807) is 25.3 Å². The number of ether oxygens (including phenoxy) is 1. The molecule has 1 fully saturated rings. The molecule has 2 aromatic rings. The minimum Gasteiger partial charge on any atom is -0.496 e. The Morgan fingerprint density at radius 3 is 2.80 bits per heavy atom. The maximum Gasteiger partial charge on any atom is 0.269 e. The average Bonchev–Trinajstić information content (AvgIpc) is 2.64. The lowest BCUT2D eigenvalue weighted by atomic mass is 9.97. The van der Waals surface area contributed by atoms with Gasteiger partial charge in [-0.15, -0.1) is 0 Å². The van der Waals surface area contributed by atoms with Crippen molar-refractivity contribution in [3.8, 4) is 5.75 Å². The number of carbonyl (C=O) groups excluding carboxylic acids is 1. The van der Waals surface area contributed by atoms with Gasteiger partial charge in [-0.2, -0.15) is 0 Å². The molecule has 2 aromatic carbocycles. The van der Waals surface area contributed by atoms with Crippen LogP contribution in [0.1, 0.15) is 35.2 Å². The first-order valence-corrected chi connectivity index (χ1v) is 9.00. The minimum absolute atomic E-state index is 0.181. The van der Waals surface area contributed by atoms with Crippen LogP contribution in [0.5, 0.6) is 5.75 Å². The second-order valence-corrected chi connectivity index (χ2v) is 6.75. The Bertz CT molecular complexity index is 721. The third-order valence-electron chi connectivity index (χ3n) is 4.59. The van der Waals surface area contributed by atoms with E-state index in [4.69, 9.17) is 16.3 Å². The van der Waals surface area contributed by atoms with Gasteiger partial charge in [-0.25, -0.2) is 5.01 Å². The average molecular weight is 359 g/mol. The number of carbonyl (C=O) groups is 1. The van der Waals surface area contributed by atoms with Crippen LogP contribution in [0.3, 0.4) is 0 Å². The van der Waals surface area contributed by atoms with Gasteiger partial charge >= 0.3 is 0 Å². The summed E-state index contributed by atoms with van der Waals surface area (Å²) in [7, 11) is 1.55. The molecular weight excluding hydrogens is 336 g/mol. The van der Waals surface area contributed by atoms with Crippen LogP contribution in [0.25, 0.3) is 0 Å². The van der Waals surface area contributed by atoms with Crippen LogP contribution >= 0.6 is 11.6 Å². The van der Waals surface area contributed by atoms with Crippen molar-refractivity contribution in [1.29, 1.82) is 0 Å². The summed E-state index contributed by atoms with van der Waals surface area (Å²) in [4.78, 5) is 12.8. The second-order valence-electron chi connectivity index (χ2n) is 6.32. The molecule has 0 spiro atoms. The third-order valence-corrected chi connectivity index (χ3v) is 4.83. The molecule has 1 heterocycles. The van der Waals surface area contributed by atoms with Crippen molar-refractivity contribution in [1.82, 2.24) is 10.4 Å². The molecule has 25 heavy (non-hydrogen) atoms. The van der Waals surface area contributed by atoms with Crippen LogP contribution < -0.4 is 10.2 Å². The summed E-state index contributed by atoms with van der Waals surface area (Å²) in [6.07, 6.45) is 4.26. The van der Waals surface area contributed by atoms with E-state index in [0.717, 1.165) is 25.8 Å². The summed E-state index contributed by atoms with van der Waals surface area (Å²) in [6.45, 7) is 0.853. The molecule has 1 N–H and O–H groups in total. The lowest BCUT2D eigenvalue weighted by Crippen LogP contribution is -2.51. The van der Waals surface area contributed by atoms with Gasteiger partial charge in [-0.05, 0) is 43.0 Å². The van der Waals surface area contributed by atoms with E-state index < -0.39 is 0 Å². The number of methoxy groups -OCH3 is 1. The van der Waals surface area contributed by atoms with Crippen molar-refractivity contribution < 1.29 is 9.53 Å². The highest BCUT2D eigenvalue weighted by atomic mass is 35.5. The molecule has 132 valence electrons. The molecule has 0 aromatic heterocycles. The lowest BCUT2D eigenvalue weighted by Gasteiger charge is -2.36. The predicted octanol–water partition coefficient (Wildman–Crippen LogP) is 4.09. The molecule has 4 nitrogen and oxygen atoms in total. The number of benzene rings is 2. The van der Waals surface area contributed by atoms with Gasteiger partial charge < -0.3 is 4.74 Å². The first kappa shape index (κ1) is 17.8. The van der Waals surface area contributed by atoms with Gasteiger partial charge in [-0.1, -0.05) is 48.4 Å². The molecule has 5 heteroatoms. The Morgan fingerprint density at radius 1 is 1.24 bits per heavy atom. The van der Waals surface area contributed by atoms with E-state index >= 15 is 0 Å². The molecule has 1 amide bonds. The Balaban J connectivity index is 1.73. The van der Waals surface area contributed by atoms with Crippen LogP contribution in [0.4, 0.5) is 0 Å². The SMILES string of the molecule is COc1ccc(Cl)cc1C(=O)NN1CCCCC1Cc1ccccc1. The molecule has 0 saturated carbocycles. The second kappa shape index (κ2) is 8.37. The summed E-state index contributed by atoms with van der Waals surface area (Å²) in [5.41, 5.74) is 4.81. The van der Waals surface area contributed by atoms with Crippen LogP contribution in [0, 0.1) is 0 Å². The van der Waals surface area contributed by atoms with Crippen molar-refractivity contribution in [3.05, 3.63) is 64.7 Å². The molecule has 0 bridgehead atoms. The van der Waals surface area contributed by atoms with Gasteiger partial charge in [0, 0.05) is 17.6 Å². The summed E-state index contributed by atoms with van der Waals surface area (Å²) < 4.78 is 5.30. The van der Waals surface area contributed by atoms with Crippen LogP contribution in [-0.4, -0.2) is 30.6 Å². The van der Waals surface area contributed by atoms with E-state index in [9.17, 15) is 4.79 Å². The number of hydrogen-bond acceptors (Lipinski definition) is 3. The zero-order valence-electron chi connectivity index (χ0n) is 14.4. The van der Waals surface area contributed by atoms with Gasteiger partial charge in [0.25, 0.3) is 5.91 Å². The highest BCUT2D eigenvalue weighted by Gasteiger charge is 2.25. The van der Waals surface area contributed by atoms with Gasteiger partial charge in [0.2, 0.25) is 0 Å². The standard InChI is InChI=1S/C20H23ClN2O2/c1-25-19-11-10-16(21)14-18(19)20(24)22-23-12-6-5-9-17(23)13-15-7-3-2-4-8-15/h2-4,7-8,10-11,14,17H,5-6,9,12-13H2,1H3,(H,22,24). The zero-order chi connectivity index (χ0) is 17.6. The monoisotopic (exact) mass is 358 g/mol. The van der Waals surface area contributed by atoms with Crippen molar-refractivity contribution >= 4 is 17.5 Å². The Labute approximate surface area is 153 Å². The minimum atomic E-state index is -0.181. The molecule has 1 saturated heterocycles. The van der Waals surface area contributed by atoms with E-state index in [1.165, 1.54) is 12.0 Å². The Kier molecular flexibility index (Phi) is 5.95. The number of hydrogen-bond donors (Lipinski definition) is 1. The number of nitrogens with zero attached hydrogens (tertiary/aromatic N) is 1. The Morgan fingerprint density at radius 2 is 2.04 bits per heavy atom. The summed E-state index contributed by atoms with van der Waals surface area (Å²) in [5, 5.41) is 2.59. The number of piperidine rings is 1. The zero-order valence-corrected chi connectivity index (χ0v) is 15.1. The fourth-order valence-corrected chi connectivity index (χ4v) is 3.47. The number of amides is 1. The maximum atomic E-state index is 12.8. The van der Waals surface area contributed by atoms with E-state index in [2.05, 4.69) is 34.7 Å². The third kappa shape index (κ3) is 4.53. The first-order valence-electron chi connectivity index (χ1n) is 8.62. The number of hydrazine groups is 1. The molecule has 1 atom stereocenters. The lowest BCUT2D eigenvalue weighted by molar-refractivity contribution is 0.0571. The number of halogens is 1. The van der Waals surface area contributed by atoms with Crippen LogP contribution in [0.2, 0.25) is 5.02 Å². The highest BCUT2D eigenvalue weighted by Crippen LogP contribution is 2.24. The van der Waals surface area contributed by atoms with Crippen LogP contribution in [-0.2, 0) is 6.42 Å². The molecule has 0 radical (unpaired) electrons. The molecular formula is C20H23ClN2O2. The summed E-state index contributed by atoms with van der Waals surface area (Å²) in [5.74, 6) is 0.345. The summed E-state index contributed by atoms with van der Waals surface area (Å²) in [6, 6.07) is 15.8. The highest BCUT2D eigenvalue weighted by molar-refractivity contribution is 6.31. The molecule has 3 rings (SSSR count). The molecule has 0 aliphatic carbocycles. The van der Waals surface area contributed by atoms with Crippen molar-refractivity contribution in [3.63, 3.8) is 0 Å². The first-order chi connectivity index (χ1) is 12.2. The van der Waals surface area contributed by atoms with Gasteiger partial charge in [0.05, 0.1) is 12.7 Å². The van der Waals surface area contributed by atoms with Gasteiger partial charge in [-0.3, -0.25) is 10.2 Å². The normalized spacial score (nSPS) is 17.9. The van der Waals surface area contributed by atoms with Crippen molar-refractivity contribution in [2.24, 2.45) is 0 Å². The number of nitrogens with one attached hydrogen (secondary N) is 1. The number of rotatable bonds is 5. The van der Waals surface area contributed by atoms with Crippen molar-refractivity contribution in [2.45, 2.75) is 31.7 Å². The molecule has 1 aliphatic heterocycles. The smallest absolute Gasteiger partial charge is 0.269 e. The fraction of sp³-hybridized carbons (Fsp3) is 0.350. The summed E-state index contributed by atoms with van der Waals surface area (Å²) >= 11 is 6.05. The van der Waals surface area contributed by atoms with Gasteiger partial charge in [0.15, 0.2) is 0 Å². The van der Waals surface area contributed by atoms with Crippen molar-refractivity contribution in [2.75, 3.05) is 13.7 Å². The quantitative estimate of drug-likeness (QED) is 0.875. The van der Waals surface area contributed by atoms with E-state index in [1.807, 2.05) is 6.07 Å². The van der Waals surface area contributed by atoms with Gasteiger partial charge in [0.1, 0.15) is 5.75 Å². The molecule has 1 aliphatic rings. The van der Waals surface area contributed by atoms with E-state index in [-0.39, 0.29) is 5.91 Å². The topological polar surface area (TPSA) is 41.6 Å².